The van der Waals surface area contributed by atoms with Crippen LogP contribution >= 0.6 is 0 Å². The van der Waals surface area contributed by atoms with E-state index in [9.17, 15) is 17.6 Å². The lowest BCUT2D eigenvalue weighted by atomic mass is 10.1. The Labute approximate surface area is 136 Å². The van der Waals surface area contributed by atoms with Gasteiger partial charge in [0.1, 0.15) is 5.82 Å². The molecule has 1 aromatic carbocycles. The molecule has 2 amide bonds. The van der Waals surface area contributed by atoms with E-state index < -0.39 is 10.0 Å². The van der Waals surface area contributed by atoms with Crippen LogP contribution in [0, 0.1) is 5.82 Å². The van der Waals surface area contributed by atoms with Crippen LogP contribution in [-0.2, 0) is 16.4 Å². The highest BCUT2D eigenvalue weighted by molar-refractivity contribution is 7.88. The molecule has 6 nitrogen and oxygen atoms in total. The van der Waals surface area contributed by atoms with E-state index in [2.05, 4.69) is 10.6 Å². The van der Waals surface area contributed by atoms with Gasteiger partial charge in [-0.1, -0.05) is 12.1 Å². The van der Waals surface area contributed by atoms with Crippen molar-refractivity contribution in [1.29, 1.82) is 0 Å². The maximum atomic E-state index is 13.0. The van der Waals surface area contributed by atoms with Gasteiger partial charge in [0.25, 0.3) is 0 Å². The number of sulfonamides is 1. The molecular formula is C15H22FN3O3S. The second kappa shape index (κ2) is 7.74. The summed E-state index contributed by atoms with van der Waals surface area (Å²) < 4.78 is 37.5. The molecule has 0 saturated carbocycles. The van der Waals surface area contributed by atoms with Crippen LogP contribution in [0.5, 0.6) is 0 Å². The number of benzene rings is 1. The maximum Gasteiger partial charge on any atom is 0.315 e. The van der Waals surface area contributed by atoms with Gasteiger partial charge >= 0.3 is 6.03 Å². The topological polar surface area (TPSA) is 78.5 Å². The van der Waals surface area contributed by atoms with Gasteiger partial charge in [-0.15, -0.1) is 0 Å². The van der Waals surface area contributed by atoms with Gasteiger partial charge in [0.15, 0.2) is 0 Å². The van der Waals surface area contributed by atoms with Gasteiger partial charge in [0, 0.05) is 25.7 Å². The molecule has 1 aromatic rings. The fraction of sp³-hybridized carbons (Fsp3) is 0.533. The third-order valence-electron chi connectivity index (χ3n) is 3.78. The highest BCUT2D eigenvalue weighted by Crippen LogP contribution is 2.12. The standard InChI is InChI=1S/C15H22FN3O3S/c1-23(21,22)19-9-3-6-14(11-19)18-15(20)17-8-7-12-4-2-5-13(16)10-12/h2,4-5,10,14H,3,6-9,11H2,1H3,(H2,17,18,20). The van der Waals surface area contributed by atoms with Gasteiger partial charge in [-0.25, -0.2) is 21.9 Å². The Morgan fingerprint density at radius 1 is 1.43 bits per heavy atom. The van der Waals surface area contributed by atoms with E-state index >= 15 is 0 Å². The highest BCUT2D eigenvalue weighted by Gasteiger charge is 2.26. The van der Waals surface area contributed by atoms with Gasteiger partial charge in [0.2, 0.25) is 10.0 Å². The zero-order valence-corrected chi connectivity index (χ0v) is 13.9. The van der Waals surface area contributed by atoms with Crippen LogP contribution in [0.3, 0.4) is 0 Å². The fourth-order valence-electron chi connectivity index (χ4n) is 2.61. The fourth-order valence-corrected chi connectivity index (χ4v) is 3.52. The van der Waals surface area contributed by atoms with Crippen molar-refractivity contribution in [3.63, 3.8) is 0 Å². The summed E-state index contributed by atoms with van der Waals surface area (Å²) in [5, 5.41) is 5.50. The van der Waals surface area contributed by atoms with Crippen molar-refractivity contribution in [2.24, 2.45) is 0 Å². The number of piperidine rings is 1. The van der Waals surface area contributed by atoms with Gasteiger partial charge in [-0.3, -0.25) is 0 Å². The Hall–Kier alpha value is -1.67. The molecule has 1 heterocycles. The number of hydrogen-bond acceptors (Lipinski definition) is 3. The summed E-state index contributed by atoms with van der Waals surface area (Å²) in [5.74, 6) is -0.296. The van der Waals surface area contributed by atoms with Gasteiger partial charge in [-0.05, 0) is 37.0 Å². The lowest BCUT2D eigenvalue weighted by Crippen LogP contribution is -2.51. The minimum atomic E-state index is -3.23. The van der Waals surface area contributed by atoms with Gasteiger partial charge in [0.05, 0.1) is 6.26 Å². The minimum absolute atomic E-state index is 0.187. The number of carbonyl (C=O) groups excluding carboxylic acids is 1. The average molecular weight is 343 g/mol. The highest BCUT2D eigenvalue weighted by atomic mass is 32.2. The number of amides is 2. The number of halogens is 1. The molecule has 1 aliphatic heterocycles. The van der Waals surface area contributed by atoms with Crippen molar-refractivity contribution in [2.75, 3.05) is 25.9 Å². The molecule has 0 bridgehead atoms. The van der Waals surface area contributed by atoms with Crippen molar-refractivity contribution in [3.05, 3.63) is 35.6 Å². The Morgan fingerprint density at radius 3 is 2.91 bits per heavy atom. The molecule has 128 valence electrons. The molecule has 0 radical (unpaired) electrons. The molecule has 2 N–H and O–H groups in total. The molecule has 1 fully saturated rings. The Morgan fingerprint density at radius 2 is 2.22 bits per heavy atom. The summed E-state index contributed by atoms with van der Waals surface area (Å²) >= 11 is 0. The summed E-state index contributed by atoms with van der Waals surface area (Å²) in [4.78, 5) is 11.9. The third-order valence-corrected chi connectivity index (χ3v) is 5.05. The first-order valence-electron chi connectivity index (χ1n) is 7.58. The van der Waals surface area contributed by atoms with Crippen LogP contribution in [0.25, 0.3) is 0 Å². The zero-order valence-electron chi connectivity index (χ0n) is 13.1. The van der Waals surface area contributed by atoms with Crippen LogP contribution in [0.1, 0.15) is 18.4 Å². The molecule has 0 aliphatic carbocycles. The molecule has 1 saturated heterocycles. The van der Waals surface area contributed by atoms with Crippen LogP contribution in [0.4, 0.5) is 9.18 Å². The quantitative estimate of drug-likeness (QED) is 0.840. The average Bonchev–Trinajstić information content (AvgIpc) is 2.46. The van der Waals surface area contributed by atoms with Gasteiger partial charge in [-0.2, -0.15) is 0 Å². The normalized spacial score (nSPS) is 19.3. The summed E-state index contributed by atoms with van der Waals surface area (Å²) in [6.07, 6.45) is 3.18. The molecule has 1 aliphatic rings. The number of urea groups is 1. The molecule has 0 aromatic heterocycles. The van der Waals surface area contributed by atoms with E-state index in [-0.39, 0.29) is 17.9 Å². The SMILES string of the molecule is CS(=O)(=O)N1CCCC(NC(=O)NCCc2cccc(F)c2)C1. The number of nitrogens with one attached hydrogen (secondary N) is 2. The molecule has 1 unspecified atom stereocenters. The Balaban J connectivity index is 1.74. The number of nitrogens with zero attached hydrogens (tertiary/aromatic N) is 1. The molecule has 23 heavy (non-hydrogen) atoms. The molecular weight excluding hydrogens is 321 g/mol. The maximum absolute atomic E-state index is 13.0. The van der Waals surface area contributed by atoms with Crippen molar-refractivity contribution in [1.82, 2.24) is 14.9 Å². The summed E-state index contributed by atoms with van der Waals surface area (Å²) in [6, 6.07) is 5.72. The molecule has 8 heteroatoms. The first-order chi connectivity index (χ1) is 10.8. The lowest BCUT2D eigenvalue weighted by Gasteiger charge is -2.31. The monoisotopic (exact) mass is 343 g/mol. The minimum Gasteiger partial charge on any atom is -0.338 e. The van der Waals surface area contributed by atoms with E-state index in [0.717, 1.165) is 18.4 Å². The van der Waals surface area contributed by atoms with Crippen LogP contribution in [0.15, 0.2) is 24.3 Å². The van der Waals surface area contributed by atoms with Crippen LogP contribution < -0.4 is 10.6 Å². The number of carbonyl (C=O) groups is 1. The first kappa shape index (κ1) is 17.7. The zero-order chi connectivity index (χ0) is 16.9. The van der Waals surface area contributed by atoms with E-state index in [0.29, 0.717) is 26.1 Å². The van der Waals surface area contributed by atoms with Crippen molar-refractivity contribution < 1.29 is 17.6 Å². The van der Waals surface area contributed by atoms with Crippen LogP contribution in [-0.4, -0.2) is 50.7 Å². The van der Waals surface area contributed by atoms with Crippen LogP contribution in [0.2, 0.25) is 0 Å². The van der Waals surface area contributed by atoms with E-state index in [1.165, 1.54) is 22.7 Å². The predicted octanol–water partition coefficient (Wildman–Crippen LogP) is 1.09. The summed E-state index contributed by atoms with van der Waals surface area (Å²) in [7, 11) is -3.23. The van der Waals surface area contributed by atoms with E-state index in [4.69, 9.17) is 0 Å². The first-order valence-corrected chi connectivity index (χ1v) is 9.43. The van der Waals surface area contributed by atoms with Crippen molar-refractivity contribution in [2.45, 2.75) is 25.3 Å². The number of hydrogen-bond donors (Lipinski definition) is 2. The third kappa shape index (κ3) is 5.80. The summed E-state index contributed by atoms with van der Waals surface area (Å²) in [6.45, 7) is 1.19. The largest absolute Gasteiger partial charge is 0.338 e. The van der Waals surface area contributed by atoms with E-state index in [1.807, 2.05) is 0 Å². The molecule has 2 rings (SSSR count). The molecule has 1 atom stereocenters. The predicted molar refractivity (Wildman–Crippen MR) is 86.1 cm³/mol. The second-order valence-corrected chi connectivity index (χ2v) is 7.72. The lowest BCUT2D eigenvalue weighted by molar-refractivity contribution is 0.226. The number of rotatable bonds is 5. The van der Waals surface area contributed by atoms with Crippen molar-refractivity contribution in [3.8, 4) is 0 Å². The smallest absolute Gasteiger partial charge is 0.315 e. The Bertz CT molecular complexity index is 651. The summed E-state index contributed by atoms with van der Waals surface area (Å²) in [5.41, 5.74) is 0.811. The Kier molecular flexibility index (Phi) is 5.95. The van der Waals surface area contributed by atoms with Crippen molar-refractivity contribution >= 4 is 16.1 Å². The van der Waals surface area contributed by atoms with E-state index in [1.54, 1.807) is 12.1 Å². The second-order valence-electron chi connectivity index (χ2n) is 5.74. The molecule has 0 spiro atoms. The van der Waals surface area contributed by atoms with Gasteiger partial charge < -0.3 is 10.6 Å².